The van der Waals surface area contributed by atoms with Crippen LogP contribution in [0.25, 0.3) is 0 Å². The largest absolute Gasteiger partial charge is 0.311 e. The zero-order chi connectivity index (χ0) is 10.6. The maximum absolute atomic E-state index is 9.19. The molecule has 1 saturated heterocycles. The number of rotatable bonds is 3. The van der Waals surface area contributed by atoms with Crippen LogP contribution >= 0.6 is 0 Å². The fourth-order valence-electron chi connectivity index (χ4n) is 1.69. The Bertz CT molecular complexity index is 209. The molecule has 1 fully saturated rings. The Morgan fingerprint density at radius 1 is 1.64 bits per heavy atom. The Morgan fingerprint density at radius 3 is 2.79 bits per heavy atom. The molecule has 0 aromatic heterocycles. The lowest BCUT2D eigenvalue weighted by Gasteiger charge is -2.35. The second-order valence-corrected chi connectivity index (χ2v) is 4.79. The van der Waals surface area contributed by atoms with E-state index in [0.717, 1.165) is 25.9 Å². The number of nitrogens with zero attached hydrogens (tertiary/aromatic N) is 1. The fourth-order valence-corrected chi connectivity index (χ4v) is 1.69. The molecule has 0 aromatic carbocycles. The molecule has 2 N–H and O–H groups in total. The number of hydrogen-bond donors (Lipinski definition) is 2. The quantitative estimate of drug-likeness (QED) is 0.713. The predicted molar refractivity (Wildman–Crippen MR) is 57.9 cm³/mol. The summed E-state index contributed by atoms with van der Waals surface area (Å²) < 4.78 is 0. The van der Waals surface area contributed by atoms with E-state index < -0.39 is 0 Å². The summed E-state index contributed by atoms with van der Waals surface area (Å²) in [6.07, 6.45) is 2.04. The molecule has 0 radical (unpaired) electrons. The van der Waals surface area contributed by atoms with E-state index in [4.69, 9.17) is 0 Å². The highest BCUT2D eigenvalue weighted by atomic mass is 15.1. The molecule has 0 bridgehead atoms. The highest BCUT2D eigenvalue weighted by Gasteiger charge is 2.33. The van der Waals surface area contributed by atoms with Gasteiger partial charge in [-0.15, -0.1) is 0 Å². The first-order valence-electron chi connectivity index (χ1n) is 5.48. The van der Waals surface area contributed by atoms with Crippen molar-refractivity contribution >= 4 is 0 Å². The molecule has 1 rings (SSSR count). The van der Waals surface area contributed by atoms with Gasteiger partial charge in [-0.2, -0.15) is 5.26 Å². The van der Waals surface area contributed by atoms with Gasteiger partial charge in [0.25, 0.3) is 0 Å². The van der Waals surface area contributed by atoms with Crippen LogP contribution in [0.3, 0.4) is 0 Å². The van der Waals surface area contributed by atoms with Gasteiger partial charge in [-0.25, -0.2) is 0 Å². The summed E-state index contributed by atoms with van der Waals surface area (Å²) >= 11 is 0. The van der Waals surface area contributed by atoms with E-state index in [9.17, 15) is 5.26 Å². The van der Waals surface area contributed by atoms with E-state index in [1.54, 1.807) is 0 Å². The van der Waals surface area contributed by atoms with Gasteiger partial charge in [-0.1, -0.05) is 13.8 Å². The second-order valence-electron chi connectivity index (χ2n) is 4.79. The smallest absolute Gasteiger partial charge is 0.119 e. The van der Waals surface area contributed by atoms with Crippen molar-refractivity contribution in [3.63, 3.8) is 0 Å². The Hall–Kier alpha value is -0.590. The minimum atomic E-state index is -0.323. The van der Waals surface area contributed by atoms with Crippen molar-refractivity contribution in [2.45, 2.75) is 45.2 Å². The first-order valence-corrected chi connectivity index (χ1v) is 5.48. The number of piperidine rings is 1. The topological polar surface area (TPSA) is 47.9 Å². The van der Waals surface area contributed by atoms with E-state index >= 15 is 0 Å². The Morgan fingerprint density at radius 2 is 2.36 bits per heavy atom. The molecule has 1 aliphatic heterocycles. The molecule has 1 aliphatic rings. The van der Waals surface area contributed by atoms with Crippen LogP contribution in [0.5, 0.6) is 0 Å². The highest BCUT2D eigenvalue weighted by Crippen LogP contribution is 2.18. The Kier molecular flexibility index (Phi) is 3.91. The minimum absolute atomic E-state index is 0.323. The molecule has 2 atom stereocenters. The average Bonchev–Trinajstić information content (AvgIpc) is 2.18. The van der Waals surface area contributed by atoms with Crippen LogP contribution in [0.4, 0.5) is 0 Å². The maximum atomic E-state index is 9.19. The van der Waals surface area contributed by atoms with Gasteiger partial charge < -0.3 is 5.32 Å². The standard InChI is InChI=1S/C11H21N3/c1-9(2)6-14-11(7-12)5-4-10(3)13-8-11/h9-10,13-14H,4-6,8H2,1-3H3. The zero-order valence-corrected chi connectivity index (χ0v) is 9.43. The Balaban J connectivity index is 2.47. The van der Waals surface area contributed by atoms with Crippen molar-refractivity contribution in [2.24, 2.45) is 5.92 Å². The van der Waals surface area contributed by atoms with Crippen LogP contribution in [0.2, 0.25) is 0 Å². The summed E-state index contributed by atoms with van der Waals surface area (Å²) in [5.74, 6) is 0.597. The van der Waals surface area contributed by atoms with Gasteiger partial charge in [0.1, 0.15) is 5.54 Å². The molecule has 0 aliphatic carbocycles. The van der Waals surface area contributed by atoms with Crippen molar-refractivity contribution in [3.05, 3.63) is 0 Å². The van der Waals surface area contributed by atoms with Crippen LogP contribution in [0.1, 0.15) is 33.6 Å². The highest BCUT2D eigenvalue weighted by molar-refractivity contribution is 5.11. The third-order valence-corrected chi connectivity index (χ3v) is 2.82. The normalized spacial score (nSPS) is 32.9. The lowest BCUT2D eigenvalue weighted by Crippen LogP contribution is -2.57. The van der Waals surface area contributed by atoms with Crippen LogP contribution in [0, 0.1) is 17.2 Å². The van der Waals surface area contributed by atoms with Crippen LogP contribution < -0.4 is 10.6 Å². The van der Waals surface area contributed by atoms with Gasteiger partial charge in [-0.05, 0) is 32.2 Å². The summed E-state index contributed by atoms with van der Waals surface area (Å²) in [5, 5.41) is 15.9. The molecule has 0 amide bonds. The third-order valence-electron chi connectivity index (χ3n) is 2.82. The van der Waals surface area contributed by atoms with Crippen LogP contribution in [-0.4, -0.2) is 24.7 Å². The molecule has 3 heteroatoms. The van der Waals surface area contributed by atoms with Gasteiger partial charge >= 0.3 is 0 Å². The molecular formula is C11H21N3. The van der Waals surface area contributed by atoms with Crippen molar-refractivity contribution < 1.29 is 0 Å². The molecule has 80 valence electrons. The minimum Gasteiger partial charge on any atom is -0.311 e. The molecule has 0 spiro atoms. The molecular weight excluding hydrogens is 174 g/mol. The zero-order valence-electron chi connectivity index (χ0n) is 9.43. The molecule has 0 saturated carbocycles. The van der Waals surface area contributed by atoms with Gasteiger partial charge in [0.2, 0.25) is 0 Å². The fraction of sp³-hybridized carbons (Fsp3) is 0.909. The van der Waals surface area contributed by atoms with E-state index in [0.29, 0.717) is 12.0 Å². The summed E-state index contributed by atoms with van der Waals surface area (Å²) in [6.45, 7) is 8.19. The lowest BCUT2D eigenvalue weighted by atomic mass is 9.88. The Labute approximate surface area is 86.9 Å². The number of nitrogens with one attached hydrogen (secondary N) is 2. The van der Waals surface area contributed by atoms with E-state index in [-0.39, 0.29) is 5.54 Å². The third kappa shape index (κ3) is 2.97. The first kappa shape index (κ1) is 11.5. The SMILES string of the molecule is CC(C)CNC1(C#N)CCC(C)NC1. The average molecular weight is 195 g/mol. The molecule has 2 unspecified atom stereocenters. The summed E-state index contributed by atoms with van der Waals surface area (Å²) in [6, 6.07) is 2.97. The van der Waals surface area contributed by atoms with Gasteiger partial charge in [0, 0.05) is 12.6 Å². The molecule has 0 aromatic rings. The van der Waals surface area contributed by atoms with Crippen LogP contribution in [-0.2, 0) is 0 Å². The maximum Gasteiger partial charge on any atom is 0.119 e. The molecule has 1 heterocycles. The van der Waals surface area contributed by atoms with Crippen molar-refractivity contribution in [1.29, 1.82) is 5.26 Å². The number of nitriles is 1. The van der Waals surface area contributed by atoms with E-state index in [2.05, 4.69) is 37.5 Å². The number of hydrogen-bond acceptors (Lipinski definition) is 3. The summed E-state index contributed by atoms with van der Waals surface area (Å²) in [4.78, 5) is 0. The summed E-state index contributed by atoms with van der Waals surface area (Å²) in [5.41, 5.74) is -0.323. The molecule has 3 nitrogen and oxygen atoms in total. The van der Waals surface area contributed by atoms with Crippen molar-refractivity contribution in [2.75, 3.05) is 13.1 Å². The second kappa shape index (κ2) is 4.77. The first-order chi connectivity index (χ1) is 6.58. The van der Waals surface area contributed by atoms with Crippen molar-refractivity contribution in [3.8, 4) is 6.07 Å². The van der Waals surface area contributed by atoms with Crippen molar-refractivity contribution in [1.82, 2.24) is 10.6 Å². The summed E-state index contributed by atoms with van der Waals surface area (Å²) in [7, 11) is 0. The van der Waals surface area contributed by atoms with E-state index in [1.807, 2.05) is 0 Å². The predicted octanol–water partition coefficient (Wildman–Crippen LogP) is 1.27. The van der Waals surface area contributed by atoms with E-state index in [1.165, 1.54) is 0 Å². The van der Waals surface area contributed by atoms with Gasteiger partial charge in [0.15, 0.2) is 0 Å². The molecule has 14 heavy (non-hydrogen) atoms. The monoisotopic (exact) mass is 195 g/mol. The van der Waals surface area contributed by atoms with Gasteiger partial charge in [-0.3, -0.25) is 5.32 Å². The lowest BCUT2D eigenvalue weighted by molar-refractivity contribution is 0.269. The van der Waals surface area contributed by atoms with Gasteiger partial charge in [0.05, 0.1) is 6.07 Å². The van der Waals surface area contributed by atoms with Crippen LogP contribution in [0.15, 0.2) is 0 Å².